The van der Waals surface area contributed by atoms with E-state index in [1.54, 1.807) is 18.2 Å². The van der Waals surface area contributed by atoms with Gasteiger partial charge in [0.05, 0.1) is 25.9 Å². The number of hydrogen-bond donors (Lipinski definition) is 1. The van der Waals surface area contributed by atoms with Gasteiger partial charge in [0.2, 0.25) is 15.9 Å². The van der Waals surface area contributed by atoms with Gasteiger partial charge < -0.3 is 20.1 Å². The van der Waals surface area contributed by atoms with Gasteiger partial charge in [-0.3, -0.25) is 9.59 Å². The maximum atomic E-state index is 12.5. The highest BCUT2D eigenvalue weighted by Crippen LogP contribution is 2.26. The van der Waals surface area contributed by atoms with E-state index in [1.165, 1.54) is 29.0 Å². The lowest BCUT2D eigenvalue weighted by atomic mass is 10.0. The predicted octanol–water partition coefficient (Wildman–Crippen LogP) is 0.622. The third-order valence-corrected chi connectivity index (χ3v) is 5.23. The van der Waals surface area contributed by atoms with Gasteiger partial charge >= 0.3 is 0 Å². The molecule has 4 rings (SSSR count). The highest BCUT2D eigenvalue weighted by atomic mass is 32.1. The number of carbonyl (C=O) groups is 1. The van der Waals surface area contributed by atoms with Gasteiger partial charge in [-0.1, -0.05) is 17.4 Å². The number of nitrogen functional groups attached to an aromatic ring is 1. The zero-order valence-corrected chi connectivity index (χ0v) is 15.4. The third kappa shape index (κ3) is 3.24. The number of hydrogen-bond acceptors (Lipinski definition) is 9. The van der Waals surface area contributed by atoms with Gasteiger partial charge in [0.25, 0.3) is 5.56 Å². The molecule has 0 radical (unpaired) electrons. The number of nitrogens with zero attached hydrogens (tertiary/aromatic N) is 4. The van der Waals surface area contributed by atoms with Crippen molar-refractivity contribution in [3.8, 4) is 0 Å². The number of rotatable bonds is 3. The Morgan fingerprint density at radius 3 is 2.81 bits per heavy atom. The highest BCUT2D eigenvalue weighted by Gasteiger charge is 2.19. The molecule has 27 heavy (non-hydrogen) atoms. The van der Waals surface area contributed by atoms with E-state index in [0.29, 0.717) is 23.7 Å². The molecule has 140 valence electrons. The van der Waals surface area contributed by atoms with Crippen LogP contribution in [0.2, 0.25) is 0 Å². The second-order valence-corrected chi connectivity index (χ2v) is 6.88. The van der Waals surface area contributed by atoms with Crippen molar-refractivity contribution in [3.05, 3.63) is 45.5 Å². The van der Waals surface area contributed by atoms with Crippen molar-refractivity contribution < 1.29 is 14.3 Å². The number of aromatic nitrogens is 3. The number of carbonyl (C=O) groups excluding carboxylic acids is 1. The van der Waals surface area contributed by atoms with E-state index in [4.69, 9.17) is 15.2 Å². The van der Waals surface area contributed by atoms with Crippen LogP contribution in [0.5, 0.6) is 0 Å². The number of ether oxygens (including phenoxy) is 2. The van der Waals surface area contributed by atoms with Gasteiger partial charge in [-0.15, -0.1) is 5.10 Å². The van der Waals surface area contributed by atoms with Crippen LogP contribution < -0.4 is 16.2 Å². The molecule has 0 aromatic carbocycles. The second kappa shape index (κ2) is 6.97. The Bertz CT molecular complexity index is 1060. The Morgan fingerprint density at radius 2 is 2.07 bits per heavy atom. The minimum absolute atomic E-state index is 0.194. The standard InChI is InChI=1S/C17H17N5O4S/c1-25-13-9-10(2-3-12(13)23)8-11-14(18)22-16(19-15(11)24)27-17(20-22)21-4-6-26-7-5-21/h2-3,8-9H,4-7,18H2,1H3/b10-8+. The molecule has 0 unspecified atom stereocenters. The molecule has 9 nitrogen and oxygen atoms in total. The first-order valence-electron chi connectivity index (χ1n) is 8.28. The quantitative estimate of drug-likeness (QED) is 0.816. The normalized spacial score (nSPS) is 19.0. The number of allylic oxidation sites excluding steroid dienone is 4. The summed E-state index contributed by atoms with van der Waals surface area (Å²) in [6.45, 7) is 2.72. The monoisotopic (exact) mass is 387 g/mol. The average Bonchev–Trinajstić information content (AvgIpc) is 3.11. The molecule has 1 fully saturated rings. The fraction of sp³-hybridized carbons (Fsp3) is 0.294. The summed E-state index contributed by atoms with van der Waals surface area (Å²) in [4.78, 5) is 30.8. The third-order valence-electron chi connectivity index (χ3n) is 4.26. The molecule has 0 saturated carbocycles. The molecule has 10 heteroatoms. The fourth-order valence-corrected chi connectivity index (χ4v) is 3.78. The van der Waals surface area contributed by atoms with E-state index < -0.39 is 5.56 Å². The molecule has 2 aromatic heterocycles. The zero-order valence-electron chi connectivity index (χ0n) is 14.5. The Kier molecular flexibility index (Phi) is 4.50. The minimum atomic E-state index is -0.449. The van der Waals surface area contributed by atoms with E-state index in [1.807, 2.05) is 0 Å². The summed E-state index contributed by atoms with van der Waals surface area (Å²) < 4.78 is 11.9. The molecule has 0 amide bonds. The van der Waals surface area contributed by atoms with Crippen LogP contribution in [-0.4, -0.2) is 53.8 Å². The molecule has 3 heterocycles. The molecular weight excluding hydrogens is 370 g/mol. The highest BCUT2D eigenvalue weighted by molar-refractivity contribution is 7.20. The molecule has 1 saturated heterocycles. The summed E-state index contributed by atoms with van der Waals surface area (Å²) in [6, 6.07) is 0. The average molecular weight is 387 g/mol. The van der Waals surface area contributed by atoms with Crippen LogP contribution in [0.1, 0.15) is 5.56 Å². The zero-order chi connectivity index (χ0) is 19.0. The van der Waals surface area contributed by atoms with Crippen molar-refractivity contribution in [1.29, 1.82) is 0 Å². The lowest BCUT2D eigenvalue weighted by Gasteiger charge is -2.25. The van der Waals surface area contributed by atoms with Crippen LogP contribution in [0.4, 0.5) is 10.9 Å². The lowest BCUT2D eigenvalue weighted by Crippen LogP contribution is -2.36. The summed E-state index contributed by atoms with van der Waals surface area (Å²) in [5.74, 6) is 0.160. The summed E-state index contributed by atoms with van der Waals surface area (Å²) in [7, 11) is 1.42. The summed E-state index contributed by atoms with van der Waals surface area (Å²) in [5.41, 5.74) is 6.59. The second-order valence-electron chi connectivity index (χ2n) is 5.95. The number of fused-ring (bicyclic) bond motifs is 1. The van der Waals surface area contributed by atoms with Crippen molar-refractivity contribution in [2.75, 3.05) is 44.0 Å². The number of morpholine rings is 1. The van der Waals surface area contributed by atoms with Crippen LogP contribution in [-0.2, 0) is 14.3 Å². The van der Waals surface area contributed by atoms with Crippen molar-refractivity contribution in [3.63, 3.8) is 0 Å². The topological polar surface area (TPSA) is 112 Å². The molecule has 1 aliphatic carbocycles. The van der Waals surface area contributed by atoms with Gasteiger partial charge in [0.15, 0.2) is 5.76 Å². The lowest BCUT2D eigenvalue weighted by molar-refractivity contribution is -0.114. The Morgan fingerprint density at radius 1 is 1.30 bits per heavy atom. The van der Waals surface area contributed by atoms with E-state index in [2.05, 4.69) is 15.0 Å². The van der Waals surface area contributed by atoms with Crippen molar-refractivity contribution in [2.24, 2.45) is 0 Å². The van der Waals surface area contributed by atoms with Gasteiger partial charge in [-0.25, -0.2) is 0 Å². The van der Waals surface area contributed by atoms with Crippen molar-refractivity contribution in [2.45, 2.75) is 0 Å². The number of methoxy groups -OCH3 is 1. The SMILES string of the molecule is COC1=C/C(=C/c2c(N)n3nc(N4CCOCC4)sc3nc2=O)C=CC1=O. The first-order valence-corrected chi connectivity index (χ1v) is 9.10. The molecule has 0 spiro atoms. The first-order chi connectivity index (χ1) is 13.1. The fourth-order valence-electron chi connectivity index (χ4n) is 2.83. The van der Waals surface area contributed by atoms with Gasteiger partial charge in [0, 0.05) is 13.1 Å². The molecule has 0 atom stereocenters. The van der Waals surface area contributed by atoms with Gasteiger partial charge in [-0.2, -0.15) is 9.50 Å². The van der Waals surface area contributed by atoms with Crippen LogP contribution in [0.25, 0.3) is 11.0 Å². The van der Waals surface area contributed by atoms with E-state index >= 15 is 0 Å². The van der Waals surface area contributed by atoms with Crippen LogP contribution in [0, 0.1) is 0 Å². The molecule has 0 bridgehead atoms. The number of ketones is 1. The van der Waals surface area contributed by atoms with Crippen LogP contribution in [0.15, 0.2) is 34.4 Å². The van der Waals surface area contributed by atoms with Gasteiger partial charge in [0.1, 0.15) is 5.82 Å². The Labute approximate surface area is 158 Å². The van der Waals surface area contributed by atoms with Crippen LogP contribution in [0.3, 0.4) is 0 Å². The predicted molar refractivity (Wildman–Crippen MR) is 102 cm³/mol. The molecule has 2 N–H and O–H groups in total. The molecule has 1 aliphatic heterocycles. The Balaban J connectivity index is 1.77. The van der Waals surface area contributed by atoms with E-state index in [-0.39, 0.29) is 22.9 Å². The van der Waals surface area contributed by atoms with Gasteiger partial charge in [-0.05, 0) is 23.8 Å². The molecule has 2 aromatic rings. The maximum absolute atomic E-state index is 12.5. The summed E-state index contributed by atoms with van der Waals surface area (Å²) in [6.07, 6.45) is 6.10. The number of nitrogens with two attached hydrogens (primary N) is 1. The first kappa shape index (κ1) is 17.4. The number of anilines is 2. The summed E-state index contributed by atoms with van der Waals surface area (Å²) >= 11 is 1.31. The minimum Gasteiger partial charge on any atom is -0.493 e. The largest absolute Gasteiger partial charge is 0.493 e. The van der Waals surface area contributed by atoms with E-state index in [0.717, 1.165) is 18.2 Å². The Hall–Kier alpha value is -2.98. The smallest absolute Gasteiger partial charge is 0.283 e. The molecule has 2 aliphatic rings. The summed E-state index contributed by atoms with van der Waals surface area (Å²) in [5, 5.41) is 5.25. The van der Waals surface area contributed by atoms with Crippen molar-refractivity contribution in [1.82, 2.24) is 14.6 Å². The van der Waals surface area contributed by atoms with Crippen molar-refractivity contribution >= 4 is 39.1 Å². The maximum Gasteiger partial charge on any atom is 0.283 e. The molecular formula is C17H17N5O4S. The van der Waals surface area contributed by atoms with Crippen LogP contribution >= 0.6 is 11.3 Å². The van der Waals surface area contributed by atoms with E-state index in [9.17, 15) is 9.59 Å².